The first kappa shape index (κ1) is 29.4. The Bertz CT molecular complexity index is 1040. The molecule has 0 radical (unpaired) electrons. The molecule has 2 unspecified atom stereocenters. The van der Waals surface area contributed by atoms with Crippen LogP contribution in [0.1, 0.15) is 50.3 Å². The van der Waals surface area contributed by atoms with Gasteiger partial charge in [0.15, 0.2) is 6.10 Å². The minimum Gasteiger partial charge on any atom is -0.465 e. The number of hydrogen-bond donors (Lipinski definition) is 4. The van der Waals surface area contributed by atoms with Gasteiger partial charge in [0.05, 0.1) is 0 Å². The third-order valence-corrected chi connectivity index (χ3v) is 5.58. The highest BCUT2D eigenvalue weighted by molar-refractivity contribution is 6.76. The van der Waals surface area contributed by atoms with Crippen molar-refractivity contribution >= 4 is 64.1 Å². The molecule has 0 aliphatic carbocycles. The van der Waals surface area contributed by atoms with Crippen molar-refractivity contribution in [1.82, 2.24) is 10.6 Å². The standard InChI is InChI=1S/C25H29Cl3N4O4/c1-16(33)30-15-7-6-10-21(31-17(2)34)23(35)32-20-13-11-19(12-14-20)22(18-8-4-3-5-9-18)36-24(29)25(26,27)28/h3-5,8-9,11-14,21-22,29H,6-7,10,15H2,1-2H3,(H,30,33)(H,31,34)(H,32,35). The lowest BCUT2D eigenvalue weighted by Gasteiger charge is -2.23. The van der Waals surface area contributed by atoms with Crippen molar-refractivity contribution in [2.75, 3.05) is 11.9 Å². The smallest absolute Gasteiger partial charge is 0.265 e. The van der Waals surface area contributed by atoms with Gasteiger partial charge in [-0.25, -0.2) is 0 Å². The summed E-state index contributed by atoms with van der Waals surface area (Å²) in [5, 5.41) is 16.2. The minimum absolute atomic E-state index is 0.112. The number of alkyl halides is 3. The summed E-state index contributed by atoms with van der Waals surface area (Å²) in [6, 6.07) is 15.3. The minimum atomic E-state index is -2.01. The molecule has 0 bridgehead atoms. The third-order valence-electron chi connectivity index (χ3n) is 5.06. The van der Waals surface area contributed by atoms with Crippen LogP contribution in [0.5, 0.6) is 0 Å². The van der Waals surface area contributed by atoms with Crippen LogP contribution in [0.25, 0.3) is 0 Å². The summed E-state index contributed by atoms with van der Waals surface area (Å²) in [4.78, 5) is 35.4. The number of carbonyl (C=O) groups excluding carboxylic acids is 3. The Kier molecular flexibility index (Phi) is 11.5. The lowest BCUT2D eigenvalue weighted by molar-refractivity contribution is -0.125. The number of anilines is 1. The number of ether oxygens (including phenoxy) is 1. The highest BCUT2D eigenvalue weighted by atomic mass is 35.6. The molecule has 0 fully saturated rings. The summed E-state index contributed by atoms with van der Waals surface area (Å²) in [5.74, 6) is -1.30. The van der Waals surface area contributed by atoms with Gasteiger partial charge in [-0.15, -0.1) is 0 Å². The van der Waals surface area contributed by atoms with Crippen LogP contribution in [0.15, 0.2) is 54.6 Å². The van der Waals surface area contributed by atoms with Crippen molar-refractivity contribution in [1.29, 1.82) is 5.41 Å². The van der Waals surface area contributed by atoms with Gasteiger partial charge in [0.2, 0.25) is 23.6 Å². The molecule has 2 rings (SSSR count). The lowest BCUT2D eigenvalue weighted by Crippen LogP contribution is -2.43. The average molecular weight is 556 g/mol. The Labute approximate surface area is 225 Å². The predicted molar refractivity (Wildman–Crippen MR) is 143 cm³/mol. The largest absolute Gasteiger partial charge is 0.465 e. The van der Waals surface area contributed by atoms with Crippen LogP contribution in [0.3, 0.4) is 0 Å². The fourth-order valence-electron chi connectivity index (χ4n) is 3.36. The van der Waals surface area contributed by atoms with Crippen LogP contribution in [0.2, 0.25) is 0 Å². The van der Waals surface area contributed by atoms with Gasteiger partial charge in [-0.2, -0.15) is 0 Å². The number of benzene rings is 2. The summed E-state index contributed by atoms with van der Waals surface area (Å²) in [6.07, 6.45) is 1.03. The number of halogens is 3. The van der Waals surface area contributed by atoms with E-state index in [0.717, 1.165) is 5.56 Å². The highest BCUT2D eigenvalue weighted by Gasteiger charge is 2.32. The van der Waals surface area contributed by atoms with E-state index in [9.17, 15) is 14.4 Å². The molecule has 194 valence electrons. The molecule has 11 heteroatoms. The first-order valence-corrected chi connectivity index (χ1v) is 12.4. The quantitative estimate of drug-likeness (QED) is 0.137. The molecule has 36 heavy (non-hydrogen) atoms. The van der Waals surface area contributed by atoms with E-state index in [1.165, 1.54) is 13.8 Å². The van der Waals surface area contributed by atoms with Crippen LogP contribution in [-0.2, 0) is 19.1 Å². The fourth-order valence-corrected chi connectivity index (χ4v) is 3.50. The SMILES string of the molecule is CC(=O)NCCCCC(NC(C)=O)C(=O)Nc1ccc(C(OC(=N)C(Cl)(Cl)Cl)c2ccccc2)cc1. The highest BCUT2D eigenvalue weighted by Crippen LogP contribution is 2.34. The van der Waals surface area contributed by atoms with Crippen LogP contribution in [-0.4, -0.2) is 40.0 Å². The molecule has 0 aromatic heterocycles. The van der Waals surface area contributed by atoms with E-state index in [1.807, 2.05) is 30.3 Å². The van der Waals surface area contributed by atoms with Gasteiger partial charge in [0.1, 0.15) is 6.04 Å². The molecule has 0 heterocycles. The number of unbranched alkanes of at least 4 members (excludes halogenated alkanes) is 1. The molecule has 0 aliphatic heterocycles. The number of carbonyl (C=O) groups is 3. The van der Waals surface area contributed by atoms with E-state index < -0.39 is 21.8 Å². The number of hydrogen-bond acceptors (Lipinski definition) is 5. The maximum Gasteiger partial charge on any atom is 0.265 e. The van der Waals surface area contributed by atoms with Gasteiger partial charge in [0.25, 0.3) is 3.79 Å². The molecular weight excluding hydrogens is 527 g/mol. The van der Waals surface area contributed by atoms with Gasteiger partial charge >= 0.3 is 0 Å². The third kappa shape index (κ3) is 10.0. The molecule has 2 aromatic carbocycles. The summed E-state index contributed by atoms with van der Waals surface area (Å²) in [7, 11) is 0. The maximum absolute atomic E-state index is 12.8. The first-order valence-electron chi connectivity index (χ1n) is 11.3. The topological polar surface area (TPSA) is 120 Å². The van der Waals surface area contributed by atoms with E-state index in [-0.39, 0.29) is 17.7 Å². The molecule has 0 saturated heterocycles. The lowest BCUT2D eigenvalue weighted by atomic mass is 10.0. The molecular formula is C25H29Cl3N4O4. The molecule has 0 saturated carbocycles. The normalized spacial score (nSPS) is 12.7. The van der Waals surface area contributed by atoms with Crippen molar-refractivity contribution < 1.29 is 19.1 Å². The summed E-state index contributed by atoms with van der Waals surface area (Å²) in [6.45, 7) is 3.30. The summed E-state index contributed by atoms with van der Waals surface area (Å²) >= 11 is 17.4. The van der Waals surface area contributed by atoms with E-state index >= 15 is 0 Å². The zero-order valence-electron chi connectivity index (χ0n) is 19.9. The Hall–Kier alpha value is -2.81. The monoisotopic (exact) mass is 554 g/mol. The molecule has 4 N–H and O–H groups in total. The van der Waals surface area contributed by atoms with Gasteiger partial charge in [-0.05, 0) is 42.5 Å². The molecule has 0 spiro atoms. The average Bonchev–Trinajstić information content (AvgIpc) is 2.81. The zero-order valence-corrected chi connectivity index (χ0v) is 22.2. The second-order valence-corrected chi connectivity index (χ2v) is 10.4. The van der Waals surface area contributed by atoms with Crippen LogP contribution in [0.4, 0.5) is 5.69 Å². The van der Waals surface area contributed by atoms with Gasteiger partial charge < -0.3 is 20.7 Å². The van der Waals surface area contributed by atoms with Crippen LogP contribution >= 0.6 is 34.8 Å². The summed E-state index contributed by atoms with van der Waals surface area (Å²) < 4.78 is 3.68. The van der Waals surface area contributed by atoms with Gasteiger partial charge in [0, 0.05) is 26.1 Å². The van der Waals surface area contributed by atoms with E-state index in [0.29, 0.717) is 37.1 Å². The van der Waals surface area contributed by atoms with Crippen molar-refractivity contribution in [3.05, 3.63) is 65.7 Å². The predicted octanol–water partition coefficient (Wildman–Crippen LogP) is 4.89. The Morgan fingerprint density at radius 2 is 1.53 bits per heavy atom. The van der Waals surface area contributed by atoms with E-state index in [1.54, 1.807) is 24.3 Å². The number of amides is 3. The second-order valence-electron chi connectivity index (χ2n) is 8.08. The van der Waals surface area contributed by atoms with Crippen molar-refractivity contribution in [3.63, 3.8) is 0 Å². The van der Waals surface area contributed by atoms with Crippen LogP contribution in [0, 0.1) is 5.41 Å². The molecule has 2 atom stereocenters. The molecule has 0 aliphatic rings. The fraction of sp³-hybridized carbons (Fsp3) is 0.360. The van der Waals surface area contributed by atoms with Gasteiger partial charge in [-0.1, -0.05) is 77.3 Å². The Morgan fingerprint density at radius 1 is 0.917 bits per heavy atom. The second kappa shape index (κ2) is 14.1. The number of rotatable bonds is 11. The molecule has 3 amide bonds. The maximum atomic E-state index is 12.8. The zero-order chi connectivity index (χ0) is 26.7. The Morgan fingerprint density at radius 3 is 2.08 bits per heavy atom. The van der Waals surface area contributed by atoms with E-state index in [4.69, 9.17) is 44.9 Å². The number of nitrogens with one attached hydrogen (secondary N) is 4. The molecule has 2 aromatic rings. The van der Waals surface area contributed by atoms with Crippen molar-refractivity contribution in [2.24, 2.45) is 0 Å². The van der Waals surface area contributed by atoms with Crippen molar-refractivity contribution in [3.8, 4) is 0 Å². The first-order chi connectivity index (χ1) is 17.0. The summed E-state index contributed by atoms with van der Waals surface area (Å²) in [5.41, 5.74) is 1.94. The molecule has 8 nitrogen and oxygen atoms in total. The van der Waals surface area contributed by atoms with Gasteiger partial charge in [-0.3, -0.25) is 19.8 Å². The van der Waals surface area contributed by atoms with Crippen molar-refractivity contribution in [2.45, 2.75) is 49.0 Å². The Balaban J connectivity index is 2.10. The van der Waals surface area contributed by atoms with E-state index in [2.05, 4.69) is 16.0 Å². The van der Waals surface area contributed by atoms with Crippen LogP contribution < -0.4 is 16.0 Å².